The van der Waals surface area contributed by atoms with Gasteiger partial charge >= 0.3 is 0 Å². The van der Waals surface area contributed by atoms with Crippen LogP contribution >= 0.6 is 23.4 Å². The second-order valence-electron chi connectivity index (χ2n) is 9.30. The summed E-state index contributed by atoms with van der Waals surface area (Å²) >= 11 is 7.33. The lowest BCUT2D eigenvalue weighted by Gasteiger charge is -2.34. The predicted molar refractivity (Wildman–Crippen MR) is 141 cm³/mol. The number of carbonyl (C=O) groups is 2. The lowest BCUT2D eigenvalue weighted by Crippen LogP contribution is -2.54. The maximum absolute atomic E-state index is 14.6. The molecule has 0 saturated heterocycles. The van der Waals surface area contributed by atoms with Crippen molar-refractivity contribution in [3.05, 3.63) is 101 Å². The normalized spacial score (nSPS) is 12.1. The van der Waals surface area contributed by atoms with Gasteiger partial charge in [0, 0.05) is 34.0 Å². The number of nitrogens with zero attached hydrogens (tertiary/aromatic N) is 1. The summed E-state index contributed by atoms with van der Waals surface area (Å²) < 4.78 is 14.6. The van der Waals surface area contributed by atoms with Gasteiger partial charge in [0.05, 0.1) is 5.75 Å². The van der Waals surface area contributed by atoms with Crippen LogP contribution in [0, 0.1) is 5.82 Å². The molecule has 0 aliphatic rings. The monoisotopic (exact) mass is 512 g/mol. The van der Waals surface area contributed by atoms with E-state index in [2.05, 4.69) is 5.32 Å². The van der Waals surface area contributed by atoms with Gasteiger partial charge in [-0.05, 0) is 56.7 Å². The highest BCUT2D eigenvalue weighted by Crippen LogP contribution is 2.23. The first-order chi connectivity index (χ1) is 16.6. The van der Waals surface area contributed by atoms with Crippen LogP contribution in [0.2, 0.25) is 5.02 Å². The van der Waals surface area contributed by atoms with E-state index in [1.807, 2.05) is 63.2 Å². The van der Waals surface area contributed by atoms with Gasteiger partial charge in [-0.25, -0.2) is 4.39 Å². The highest BCUT2D eigenvalue weighted by Gasteiger charge is 2.32. The van der Waals surface area contributed by atoms with E-state index < -0.39 is 17.4 Å². The van der Waals surface area contributed by atoms with Crippen molar-refractivity contribution in [2.24, 2.45) is 0 Å². The number of rotatable bonds is 9. The molecule has 3 aromatic rings. The Morgan fingerprint density at radius 3 is 2.23 bits per heavy atom. The zero-order valence-electron chi connectivity index (χ0n) is 20.1. The zero-order valence-corrected chi connectivity index (χ0v) is 21.7. The van der Waals surface area contributed by atoms with E-state index >= 15 is 0 Å². The molecular weight excluding hydrogens is 483 g/mol. The standard InChI is InChI=1S/C28H30ClFN2O2S/c1-28(2,3)31-27(34)25(17-20-9-5-4-6-10-20)32(18-21-11-7-8-12-24(21)30)26(33)19-35-23-15-13-22(29)14-16-23/h4-16,25H,17-19H2,1-3H3,(H,31,34)/t25-/m0/s1. The van der Waals surface area contributed by atoms with Gasteiger partial charge < -0.3 is 10.2 Å². The van der Waals surface area contributed by atoms with E-state index in [1.165, 1.54) is 22.7 Å². The number of halogens is 2. The molecule has 3 rings (SSSR count). The second-order valence-corrected chi connectivity index (χ2v) is 10.8. The predicted octanol–water partition coefficient (Wildman–Crippen LogP) is 6.13. The minimum Gasteiger partial charge on any atom is -0.350 e. The highest BCUT2D eigenvalue weighted by atomic mass is 35.5. The Hall–Kier alpha value is -2.83. The highest BCUT2D eigenvalue weighted by molar-refractivity contribution is 8.00. The van der Waals surface area contributed by atoms with E-state index in [0.717, 1.165) is 10.5 Å². The molecule has 4 nitrogen and oxygen atoms in total. The van der Waals surface area contributed by atoms with Gasteiger partial charge in [0.25, 0.3) is 0 Å². The number of amides is 2. The van der Waals surface area contributed by atoms with E-state index in [0.29, 0.717) is 17.0 Å². The molecule has 0 aliphatic heterocycles. The summed E-state index contributed by atoms with van der Waals surface area (Å²) in [6.07, 6.45) is 0.314. The summed E-state index contributed by atoms with van der Waals surface area (Å²) in [5.74, 6) is -0.837. The van der Waals surface area contributed by atoms with E-state index in [4.69, 9.17) is 11.6 Å². The Morgan fingerprint density at radius 1 is 0.971 bits per heavy atom. The number of hydrogen-bond donors (Lipinski definition) is 1. The molecule has 1 atom stereocenters. The average molecular weight is 513 g/mol. The lowest BCUT2D eigenvalue weighted by molar-refractivity contribution is -0.140. The van der Waals surface area contributed by atoms with Crippen LogP contribution in [0.1, 0.15) is 31.9 Å². The molecule has 0 saturated carbocycles. The van der Waals surface area contributed by atoms with Crippen molar-refractivity contribution in [3.8, 4) is 0 Å². The van der Waals surface area contributed by atoms with Crippen molar-refractivity contribution in [1.29, 1.82) is 0 Å². The molecule has 0 aromatic heterocycles. The fraction of sp³-hybridized carbons (Fsp3) is 0.286. The summed E-state index contributed by atoms with van der Waals surface area (Å²) in [5, 5.41) is 3.62. The molecule has 0 heterocycles. The maximum atomic E-state index is 14.6. The summed E-state index contributed by atoms with van der Waals surface area (Å²) in [6.45, 7) is 5.67. The van der Waals surface area contributed by atoms with Crippen molar-refractivity contribution < 1.29 is 14.0 Å². The fourth-order valence-corrected chi connectivity index (χ4v) is 4.49. The minimum atomic E-state index is -0.811. The smallest absolute Gasteiger partial charge is 0.243 e. The molecule has 0 spiro atoms. The van der Waals surface area contributed by atoms with Crippen molar-refractivity contribution in [3.63, 3.8) is 0 Å². The lowest BCUT2D eigenvalue weighted by atomic mass is 10.0. The first kappa shape index (κ1) is 26.8. The van der Waals surface area contributed by atoms with Crippen LogP contribution in [0.25, 0.3) is 0 Å². The molecule has 35 heavy (non-hydrogen) atoms. The second kappa shape index (κ2) is 12.2. The van der Waals surface area contributed by atoms with Crippen LogP contribution in [0.4, 0.5) is 4.39 Å². The molecule has 7 heteroatoms. The van der Waals surface area contributed by atoms with Gasteiger partial charge in [0.2, 0.25) is 11.8 Å². The molecule has 3 aromatic carbocycles. The third kappa shape index (κ3) is 8.41. The third-order valence-electron chi connectivity index (χ3n) is 5.24. The minimum absolute atomic E-state index is 0.0122. The Bertz CT molecular complexity index is 1130. The average Bonchev–Trinajstić information content (AvgIpc) is 2.81. The molecule has 2 amide bonds. The van der Waals surface area contributed by atoms with Gasteiger partial charge in [0.1, 0.15) is 11.9 Å². The molecule has 0 fully saturated rings. The molecule has 0 bridgehead atoms. The Kier molecular flexibility index (Phi) is 9.35. The van der Waals surface area contributed by atoms with Crippen molar-refractivity contribution in [2.75, 3.05) is 5.75 Å². The van der Waals surface area contributed by atoms with Gasteiger partial charge in [-0.15, -0.1) is 11.8 Å². The first-order valence-electron chi connectivity index (χ1n) is 11.4. The van der Waals surface area contributed by atoms with Crippen LogP contribution in [0.3, 0.4) is 0 Å². The van der Waals surface area contributed by atoms with Gasteiger partial charge in [-0.3, -0.25) is 9.59 Å². The van der Waals surface area contributed by atoms with Crippen LogP contribution < -0.4 is 5.32 Å². The Morgan fingerprint density at radius 2 is 1.60 bits per heavy atom. The molecule has 184 valence electrons. The summed E-state index contributed by atoms with van der Waals surface area (Å²) in [6, 6.07) is 22.3. The number of hydrogen-bond acceptors (Lipinski definition) is 3. The Labute approximate surface area is 215 Å². The molecule has 1 N–H and O–H groups in total. The molecule has 0 aliphatic carbocycles. The quantitative estimate of drug-likeness (QED) is 0.351. The summed E-state index contributed by atoms with van der Waals surface area (Å²) in [7, 11) is 0. The van der Waals surface area contributed by atoms with E-state index in [1.54, 1.807) is 30.3 Å². The van der Waals surface area contributed by atoms with Gasteiger partial charge in [-0.1, -0.05) is 60.1 Å². The van der Waals surface area contributed by atoms with Crippen LogP contribution in [0.5, 0.6) is 0 Å². The van der Waals surface area contributed by atoms with Crippen molar-refractivity contribution >= 4 is 35.2 Å². The number of benzene rings is 3. The SMILES string of the molecule is CC(C)(C)NC(=O)[C@H](Cc1ccccc1)N(Cc1ccccc1F)C(=O)CSc1ccc(Cl)cc1. The van der Waals surface area contributed by atoms with Crippen molar-refractivity contribution in [2.45, 2.75) is 50.2 Å². The third-order valence-corrected chi connectivity index (χ3v) is 6.49. The number of nitrogens with one attached hydrogen (secondary N) is 1. The van der Waals surface area contributed by atoms with Crippen LogP contribution in [-0.4, -0.2) is 34.0 Å². The maximum Gasteiger partial charge on any atom is 0.243 e. The van der Waals surface area contributed by atoms with Gasteiger partial charge in [0.15, 0.2) is 0 Å². The number of carbonyl (C=O) groups excluding carboxylic acids is 2. The van der Waals surface area contributed by atoms with E-state index in [-0.39, 0.29) is 24.1 Å². The fourth-order valence-electron chi connectivity index (χ4n) is 3.58. The first-order valence-corrected chi connectivity index (χ1v) is 12.8. The summed E-state index contributed by atoms with van der Waals surface area (Å²) in [4.78, 5) is 29.4. The molecular formula is C28H30ClFN2O2S. The zero-order chi connectivity index (χ0) is 25.4. The van der Waals surface area contributed by atoms with Crippen molar-refractivity contribution in [1.82, 2.24) is 10.2 Å². The summed E-state index contributed by atoms with van der Waals surface area (Å²) in [5.41, 5.74) is 0.786. The van der Waals surface area contributed by atoms with Crippen LogP contribution in [-0.2, 0) is 22.6 Å². The molecule has 0 radical (unpaired) electrons. The Balaban J connectivity index is 1.93. The topological polar surface area (TPSA) is 49.4 Å². The van der Waals surface area contributed by atoms with Gasteiger partial charge in [-0.2, -0.15) is 0 Å². The molecule has 0 unspecified atom stereocenters. The largest absolute Gasteiger partial charge is 0.350 e. The van der Waals surface area contributed by atoms with Crippen LogP contribution in [0.15, 0.2) is 83.8 Å². The van der Waals surface area contributed by atoms with E-state index in [9.17, 15) is 14.0 Å². The number of thioether (sulfide) groups is 1.